The molecule has 0 saturated carbocycles. The van der Waals surface area contributed by atoms with Crippen LogP contribution in [0.2, 0.25) is 0 Å². The fraction of sp³-hybridized carbons (Fsp3) is 0.238. The van der Waals surface area contributed by atoms with Crippen LogP contribution in [-0.2, 0) is 0 Å². The Bertz CT molecular complexity index is 1160. The number of benzene rings is 2. The molecule has 0 amide bonds. The Hall–Kier alpha value is -2.99. The molecule has 2 heterocycles. The monoisotopic (exact) mass is 397 g/mol. The van der Waals surface area contributed by atoms with Gasteiger partial charge in [-0.1, -0.05) is 0 Å². The van der Waals surface area contributed by atoms with E-state index in [0.717, 1.165) is 16.6 Å². The van der Waals surface area contributed by atoms with E-state index in [4.69, 9.17) is 25.8 Å². The normalized spacial score (nSPS) is 11.1. The molecule has 144 valence electrons. The second-order valence-corrected chi connectivity index (χ2v) is 6.80. The smallest absolute Gasteiger partial charge is 0.230 e. The van der Waals surface area contributed by atoms with Crippen LogP contribution in [0.25, 0.3) is 21.8 Å². The fourth-order valence-corrected chi connectivity index (χ4v) is 3.25. The number of rotatable bonds is 6. The molecule has 2 aromatic heterocycles. The van der Waals surface area contributed by atoms with Crippen molar-refractivity contribution in [1.82, 2.24) is 15.0 Å². The molecule has 1 N–H and O–H groups in total. The molecule has 2 aromatic carbocycles. The third kappa shape index (κ3) is 3.31. The van der Waals surface area contributed by atoms with E-state index in [1.807, 2.05) is 24.3 Å². The van der Waals surface area contributed by atoms with Crippen molar-refractivity contribution in [2.75, 3.05) is 19.6 Å². The average Bonchev–Trinajstić information content (AvgIpc) is 2.99. The molecule has 7 heteroatoms. The maximum Gasteiger partial charge on any atom is 0.230 e. The van der Waals surface area contributed by atoms with Gasteiger partial charge in [-0.15, -0.1) is 11.6 Å². The van der Waals surface area contributed by atoms with Crippen molar-refractivity contribution in [2.45, 2.75) is 13.8 Å². The van der Waals surface area contributed by atoms with Crippen molar-refractivity contribution in [2.24, 2.45) is 0 Å². The SMILES string of the molecule is COc1cc2c(Oc3ccc4c(C)c(C)[nH]c4c3)ncnc2cc1OCCCl. The molecule has 0 fully saturated rings. The minimum atomic E-state index is 0.382. The van der Waals surface area contributed by atoms with E-state index >= 15 is 0 Å². The largest absolute Gasteiger partial charge is 0.493 e. The summed E-state index contributed by atoms with van der Waals surface area (Å²) >= 11 is 5.72. The van der Waals surface area contributed by atoms with Crippen LogP contribution < -0.4 is 14.2 Å². The summed E-state index contributed by atoms with van der Waals surface area (Å²) in [5.41, 5.74) is 4.11. The first-order chi connectivity index (χ1) is 13.6. The molecular weight excluding hydrogens is 378 g/mol. The Labute approximate surface area is 167 Å². The summed E-state index contributed by atoms with van der Waals surface area (Å²) in [6.07, 6.45) is 1.47. The minimum Gasteiger partial charge on any atom is -0.493 e. The number of ether oxygens (including phenoxy) is 3. The highest BCUT2D eigenvalue weighted by Gasteiger charge is 2.14. The molecule has 0 bridgehead atoms. The highest BCUT2D eigenvalue weighted by Crippen LogP contribution is 2.36. The molecule has 28 heavy (non-hydrogen) atoms. The first-order valence-electron chi connectivity index (χ1n) is 8.89. The highest BCUT2D eigenvalue weighted by atomic mass is 35.5. The quantitative estimate of drug-likeness (QED) is 0.456. The molecule has 0 spiro atoms. The van der Waals surface area contributed by atoms with E-state index in [0.29, 0.717) is 41.1 Å². The number of hydrogen-bond donors (Lipinski definition) is 1. The molecule has 0 saturated heterocycles. The van der Waals surface area contributed by atoms with E-state index in [2.05, 4.69) is 28.8 Å². The van der Waals surface area contributed by atoms with E-state index in [1.165, 1.54) is 17.3 Å². The standard InChI is InChI=1S/C21H20ClN3O3/c1-12-13(2)25-18-8-14(4-5-15(12)18)28-21-16-9-19(26-3)20(27-7-6-22)10-17(16)23-11-24-21/h4-5,8-11,25H,6-7H2,1-3H3. The van der Waals surface area contributed by atoms with E-state index in [1.54, 1.807) is 13.2 Å². The van der Waals surface area contributed by atoms with Crippen LogP contribution in [0.3, 0.4) is 0 Å². The Balaban J connectivity index is 1.74. The third-order valence-corrected chi connectivity index (χ3v) is 4.87. The summed E-state index contributed by atoms with van der Waals surface area (Å²) in [6.45, 7) is 4.54. The van der Waals surface area contributed by atoms with Gasteiger partial charge >= 0.3 is 0 Å². The van der Waals surface area contributed by atoms with E-state index < -0.39 is 0 Å². The number of fused-ring (bicyclic) bond motifs is 2. The van der Waals surface area contributed by atoms with Crippen molar-refractivity contribution in [3.8, 4) is 23.1 Å². The van der Waals surface area contributed by atoms with Gasteiger partial charge in [-0.3, -0.25) is 0 Å². The second-order valence-electron chi connectivity index (χ2n) is 6.42. The number of aryl methyl sites for hydroxylation is 2. The highest BCUT2D eigenvalue weighted by molar-refractivity contribution is 6.18. The molecule has 0 radical (unpaired) electrons. The number of aromatic amines is 1. The van der Waals surface area contributed by atoms with Gasteiger partial charge in [-0.25, -0.2) is 9.97 Å². The molecule has 0 atom stereocenters. The lowest BCUT2D eigenvalue weighted by molar-refractivity contribution is 0.313. The summed E-state index contributed by atoms with van der Waals surface area (Å²) in [5.74, 6) is 2.68. The van der Waals surface area contributed by atoms with Crippen LogP contribution >= 0.6 is 11.6 Å². The van der Waals surface area contributed by atoms with Gasteiger partial charge in [-0.2, -0.15) is 0 Å². The maximum atomic E-state index is 6.08. The Morgan fingerprint density at radius 3 is 2.68 bits per heavy atom. The third-order valence-electron chi connectivity index (χ3n) is 4.71. The van der Waals surface area contributed by atoms with Crippen molar-refractivity contribution in [1.29, 1.82) is 0 Å². The van der Waals surface area contributed by atoms with Gasteiger partial charge in [0.05, 0.1) is 23.9 Å². The van der Waals surface area contributed by atoms with Crippen LogP contribution in [-0.4, -0.2) is 34.5 Å². The molecule has 4 rings (SSSR count). The van der Waals surface area contributed by atoms with Crippen molar-refractivity contribution in [3.63, 3.8) is 0 Å². The van der Waals surface area contributed by atoms with Crippen molar-refractivity contribution in [3.05, 3.63) is 47.9 Å². The number of H-pyrrole nitrogens is 1. The number of aromatic nitrogens is 3. The number of nitrogens with one attached hydrogen (secondary N) is 1. The van der Waals surface area contributed by atoms with Gasteiger partial charge in [-0.05, 0) is 37.6 Å². The number of nitrogens with zero attached hydrogens (tertiary/aromatic N) is 2. The Morgan fingerprint density at radius 2 is 1.89 bits per heavy atom. The van der Waals surface area contributed by atoms with Crippen LogP contribution in [0.15, 0.2) is 36.7 Å². The zero-order valence-electron chi connectivity index (χ0n) is 15.9. The van der Waals surface area contributed by atoms with Gasteiger partial charge in [0.1, 0.15) is 18.7 Å². The van der Waals surface area contributed by atoms with E-state index in [-0.39, 0.29) is 0 Å². The molecular formula is C21H20ClN3O3. The van der Waals surface area contributed by atoms with Crippen molar-refractivity contribution < 1.29 is 14.2 Å². The zero-order chi connectivity index (χ0) is 19.7. The summed E-state index contributed by atoms with van der Waals surface area (Å²) in [7, 11) is 1.59. The van der Waals surface area contributed by atoms with Crippen molar-refractivity contribution >= 4 is 33.4 Å². The average molecular weight is 398 g/mol. The first kappa shape index (κ1) is 18.4. The molecule has 4 aromatic rings. The van der Waals surface area contributed by atoms with E-state index in [9.17, 15) is 0 Å². The second kappa shape index (κ2) is 7.56. The topological polar surface area (TPSA) is 69.3 Å². The molecule has 0 aliphatic carbocycles. The number of halogens is 1. The number of hydrogen-bond acceptors (Lipinski definition) is 5. The Kier molecular flexibility index (Phi) is 4.96. The summed E-state index contributed by atoms with van der Waals surface area (Å²) in [6, 6.07) is 9.57. The van der Waals surface area contributed by atoms with Crippen LogP contribution in [0.4, 0.5) is 0 Å². The molecule has 0 aliphatic rings. The van der Waals surface area contributed by atoms with Gasteiger partial charge < -0.3 is 19.2 Å². The molecule has 0 aliphatic heterocycles. The van der Waals surface area contributed by atoms with Gasteiger partial charge in [0.25, 0.3) is 0 Å². The maximum absolute atomic E-state index is 6.08. The van der Waals surface area contributed by atoms with Crippen LogP contribution in [0, 0.1) is 13.8 Å². The predicted octanol–water partition coefficient (Wildman–Crippen LogP) is 5.15. The summed E-state index contributed by atoms with van der Waals surface area (Å²) < 4.78 is 17.2. The van der Waals surface area contributed by atoms with Gasteiger partial charge in [0.15, 0.2) is 11.5 Å². The molecule has 0 unspecified atom stereocenters. The summed E-state index contributed by atoms with van der Waals surface area (Å²) in [5, 5.41) is 1.91. The van der Waals surface area contributed by atoms with Gasteiger partial charge in [0, 0.05) is 28.7 Å². The Morgan fingerprint density at radius 1 is 1.04 bits per heavy atom. The number of methoxy groups -OCH3 is 1. The van der Waals surface area contributed by atoms with Crippen LogP contribution in [0.1, 0.15) is 11.3 Å². The van der Waals surface area contributed by atoms with Crippen LogP contribution in [0.5, 0.6) is 23.1 Å². The fourth-order valence-electron chi connectivity index (χ4n) is 3.17. The lowest BCUT2D eigenvalue weighted by atomic mass is 10.1. The predicted molar refractivity (Wildman–Crippen MR) is 110 cm³/mol. The van der Waals surface area contributed by atoms with Gasteiger partial charge in [0.2, 0.25) is 5.88 Å². The minimum absolute atomic E-state index is 0.382. The molecule has 6 nitrogen and oxygen atoms in total. The zero-order valence-corrected chi connectivity index (χ0v) is 16.6. The summed E-state index contributed by atoms with van der Waals surface area (Å²) in [4.78, 5) is 12.0. The lowest BCUT2D eigenvalue weighted by Crippen LogP contribution is -2.01. The lowest BCUT2D eigenvalue weighted by Gasteiger charge is -2.12. The first-order valence-corrected chi connectivity index (χ1v) is 9.42. The number of alkyl halides is 1.